The molecule has 0 saturated carbocycles. The van der Waals surface area contributed by atoms with Gasteiger partial charge in [0.1, 0.15) is 11.5 Å². The van der Waals surface area contributed by atoms with Crippen LogP contribution in [0, 0.1) is 12.7 Å². The fourth-order valence-corrected chi connectivity index (χ4v) is 3.54. The van der Waals surface area contributed by atoms with Crippen LogP contribution in [0.2, 0.25) is 0 Å². The summed E-state index contributed by atoms with van der Waals surface area (Å²) < 4.78 is 15.8. The van der Waals surface area contributed by atoms with Crippen molar-refractivity contribution in [1.82, 2.24) is 9.78 Å². The molecule has 3 aromatic rings. The zero-order chi connectivity index (χ0) is 16.7. The molecule has 4 rings (SSSR count). The zero-order valence-electron chi connectivity index (χ0n) is 13.4. The van der Waals surface area contributed by atoms with Crippen molar-refractivity contribution < 1.29 is 9.18 Å². The number of fused-ring (bicyclic) bond motifs is 1. The van der Waals surface area contributed by atoms with Gasteiger partial charge in [0.05, 0.1) is 17.0 Å². The molecule has 1 unspecified atom stereocenters. The van der Waals surface area contributed by atoms with Crippen molar-refractivity contribution in [3.8, 4) is 5.69 Å². The number of aromatic nitrogens is 2. The van der Waals surface area contributed by atoms with Crippen LogP contribution in [0.3, 0.4) is 0 Å². The Bertz CT molecular complexity index is 915. The van der Waals surface area contributed by atoms with Crippen LogP contribution in [-0.2, 0) is 6.42 Å². The van der Waals surface area contributed by atoms with Crippen LogP contribution in [-0.4, -0.2) is 15.6 Å². The number of halogens is 1. The Morgan fingerprint density at radius 1 is 1.04 bits per heavy atom. The van der Waals surface area contributed by atoms with Gasteiger partial charge in [0.15, 0.2) is 5.78 Å². The van der Waals surface area contributed by atoms with E-state index < -0.39 is 0 Å². The molecule has 1 heterocycles. The van der Waals surface area contributed by atoms with Crippen molar-refractivity contribution in [2.24, 2.45) is 0 Å². The van der Waals surface area contributed by atoms with Crippen LogP contribution in [0.15, 0.2) is 54.6 Å². The van der Waals surface area contributed by atoms with E-state index in [0.29, 0.717) is 29.8 Å². The molecule has 1 aliphatic rings. The third-order valence-corrected chi connectivity index (χ3v) is 4.66. The number of carbonyl (C=O) groups is 1. The lowest BCUT2D eigenvalue weighted by Crippen LogP contribution is -2.20. The molecule has 1 atom stereocenters. The van der Waals surface area contributed by atoms with Crippen molar-refractivity contribution >= 4 is 5.78 Å². The lowest BCUT2D eigenvalue weighted by Gasteiger charge is -2.23. The Morgan fingerprint density at radius 3 is 2.50 bits per heavy atom. The normalized spacial score (nSPS) is 16.9. The Balaban J connectivity index is 1.84. The topological polar surface area (TPSA) is 34.9 Å². The van der Waals surface area contributed by atoms with Crippen LogP contribution >= 0.6 is 0 Å². The maximum Gasteiger partial charge on any atom is 0.167 e. The Labute approximate surface area is 139 Å². The van der Waals surface area contributed by atoms with Crippen LogP contribution in [0.25, 0.3) is 5.69 Å². The highest BCUT2D eigenvalue weighted by molar-refractivity contribution is 6.00. The molecular formula is C20H17FN2O. The molecule has 0 bridgehead atoms. The minimum absolute atomic E-state index is 0.0881. The van der Waals surface area contributed by atoms with Crippen molar-refractivity contribution in [2.75, 3.05) is 0 Å². The monoisotopic (exact) mass is 320 g/mol. The second kappa shape index (κ2) is 5.71. The summed E-state index contributed by atoms with van der Waals surface area (Å²) in [6.45, 7) is 1.82. The average molecular weight is 320 g/mol. The predicted molar refractivity (Wildman–Crippen MR) is 90.1 cm³/mol. The maximum absolute atomic E-state index is 14.2. The summed E-state index contributed by atoms with van der Waals surface area (Å²) in [7, 11) is 0. The van der Waals surface area contributed by atoms with Crippen LogP contribution < -0.4 is 0 Å². The van der Waals surface area contributed by atoms with Gasteiger partial charge in [-0.3, -0.25) is 4.79 Å². The number of hydrogen-bond donors (Lipinski definition) is 0. The highest BCUT2D eigenvalue weighted by atomic mass is 19.1. The number of benzene rings is 2. The fraction of sp³-hybridized carbons (Fsp3) is 0.200. The molecular weight excluding hydrogens is 303 g/mol. The number of rotatable bonds is 2. The number of carbonyl (C=O) groups excluding carboxylic acids is 1. The molecule has 0 amide bonds. The summed E-state index contributed by atoms with van der Waals surface area (Å²) in [5.41, 5.74) is 3.66. The van der Waals surface area contributed by atoms with Gasteiger partial charge in [-0.15, -0.1) is 0 Å². The lowest BCUT2D eigenvalue weighted by atomic mass is 9.81. The first-order chi connectivity index (χ1) is 11.6. The van der Waals surface area contributed by atoms with Gasteiger partial charge >= 0.3 is 0 Å². The van der Waals surface area contributed by atoms with Gasteiger partial charge in [-0.25, -0.2) is 9.07 Å². The third kappa shape index (κ3) is 2.35. The maximum atomic E-state index is 14.2. The van der Waals surface area contributed by atoms with Gasteiger partial charge in [-0.05, 0) is 37.0 Å². The van der Waals surface area contributed by atoms with E-state index >= 15 is 0 Å². The molecule has 0 spiro atoms. The number of nitrogens with zero attached hydrogens (tertiary/aromatic N) is 2. The molecule has 0 radical (unpaired) electrons. The standard InChI is InChI=1S/C20H17FN2O/c1-13-20-18(23(22-13)17-10-6-5-9-16(17)21)11-15(12-19(20)24)14-7-3-2-4-8-14/h2-10,15H,11-12H2,1H3. The van der Waals surface area contributed by atoms with Gasteiger partial charge < -0.3 is 0 Å². The molecule has 4 heteroatoms. The first-order valence-electron chi connectivity index (χ1n) is 8.06. The van der Waals surface area contributed by atoms with E-state index in [-0.39, 0.29) is 17.5 Å². The number of ketones is 1. The number of Topliss-reactive ketones (excluding diaryl/α,β-unsaturated/α-hetero) is 1. The van der Waals surface area contributed by atoms with Gasteiger partial charge in [-0.1, -0.05) is 42.5 Å². The van der Waals surface area contributed by atoms with Crippen molar-refractivity contribution in [3.63, 3.8) is 0 Å². The quantitative estimate of drug-likeness (QED) is 0.708. The molecule has 1 aliphatic carbocycles. The summed E-state index contributed by atoms with van der Waals surface area (Å²) in [6.07, 6.45) is 1.15. The predicted octanol–water partition coefficient (Wildman–Crippen LogP) is 4.23. The van der Waals surface area contributed by atoms with Crippen molar-refractivity contribution in [1.29, 1.82) is 0 Å². The number of aryl methyl sites for hydroxylation is 1. The largest absolute Gasteiger partial charge is 0.294 e. The molecule has 120 valence electrons. The van der Waals surface area contributed by atoms with E-state index in [9.17, 15) is 9.18 Å². The van der Waals surface area contributed by atoms with E-state index in [4.69, 9.17) is 0 Å². The fourth-order valence-electron chi connectivity index (χ4n) is 3.54. The second-order valence-electron chi connectivity index (χ2n) is 6.21. The molecule has 3 nitrogen and oxygen atoms in total. The summed E-state index contributed by atoms with van der Waals surface area (Å²) in [6, 6.07) is 16.5. The van der Waals surface area contributed by atoms with Crippen LogP contribution in [0.1, 0.15) is 39.6 Å². The molecule has 0 saturated heterocycles. The van der Waals surface area contributed by atoms with E-state index in [1.165, 1.54) is 6.07 Å². The summed E-state index contributed by atoms with van der Waals surface area (Å²) in [4.78, 5) is 12.7. The SMILES string of the molecule is Cc1nn(-c2ccccc2F)c2c1C(=O)CC(c1ccccc1)C2. The van der Waals surface area contributed by atoms with Gasteiger partial charge in [-0.2, -0.15) is 5.10 Å². The first-order valence-corrected chi connectivity index (χ1v) is 8.06. The second-order valence-corrected chi connectivity index (χ2v) is 6.21. The van der Waals surface area contributed by atoms with E-state index in [2.05, 4.69) is 5.10 Å². The average Bonchev–Trinajstić information content (AvgIpc) is 2.93. The minimum Gasteiger partial charge on any atom is -0.294 e. The number of para-hydroxylation sites is 1. The highest BCUT2D eigenvalue weighted by Gasteiger charge is 2.32. The van der Waals surface area contributed by atoms with Gasteiger partial charge in [0.2, 0.25) is 0 Å². The van der Waals surface area contributed by atoms with Gasteiger partial charge in [0, 0.05) is 6.42 Å². The summed E-state index contributed by atoms with van der Waals surface area (Å²) in [5.74, 6) is -0.143. The van der Waals surface area contributed by atoms with Crippen molar-refractivity contribution in [3.05, 3.63) is 82.9 Å². The first kappa shape index (κ1) is 14.8. The van der Waals surface area contributed by atoms with Crippen LogP contribution in [0.5, 0.6) is 0 Å². The molecule has 1 aromatic heterocycles. The Hall–Kier alpha value is -2.75. The smallest absolute Gasteiger partial charge is 0.167 e. The Morgan fingerprint density at radius 2 is 1.75 bits per heavy atom. The molecule has 2 aromatic carbocycles. The highest BCUT2D eigenvalue weighted by Crippen LogP contribution is 2.35. The van der Waals surface area contributed by atoms with Gasteiger partial charge in [0.25, 0.3) is 0 Å². The molecule has 0 aliphatic heterocycles. The Kier molecular flexibility index (Phi) is 3.53. The van der Waals surface area contributed by atoms with E-state index in [1.54, 1.807) is 22.9 Å². The van der Waals surface area contributed by atoms with E-state index in [0.717, 1.165) is 11.3 Å². The van der Waals surface area contributed by atoms with Crippen LogP contribution in [0.4, 0.5) is 4.39 Å². The third-order valence-electron chi connectivity index (χ3n) is 4.66. The lowest BCUT2D eigenvalue weighted by molar-refractivity contribution is 0.0963. The minimum atomic E-state index is -0.336. The summed E-state index contributed by atoms with van der Waals surface area (Å²) >= 11 is 0. The van der Waals surface area contributed by atoms with E-state index in [1.807, 2.05) is 37.3 Å². The molecule has 24 heavy (non-hydrogen) atoms. The number of hydrogen-bond acceptors (Lipinski definition) is 2. The zero-order valence-corrected chi connectivity index (χ0v) is 13.4. The summed E-state index contributed by atoms with van der Waals surface area (Å²) in [5, 5.41) is 4.46. The molecule has 0 N–H and O–H groups in total. The molecule has 0 fully saturated rings. The van der Waals surface area contributed by atoms with Crippen molar-refractivity contribution in [2.45, 2.75) is 25.7 Å².